The highest BCUT2D eigenvalue weighted by molar-refractivity contribution is 7.79. The Morgan fingerprint density at radius 3 is 1.94 bits per heavy atom. The topological polar surface area (TPSA) is 144 Å². The summed E-state index contributed by atoms with van der Waals surface area (Å²) in [5, 5.41) is 0. The monoisotopic (exact) mass is 483 g/mol. The van der Waals surface area contributed by atoms with Gasteiger partial charge in [0.1, 0.15) is 0 Å². The Morgan fingerprint density at radius 2 is 1.39 bits per heavy atom. The molecular formula is C21H33N5O6S. The minimum Gasteiger partial charge on any atom is -0.338 e. The Kier molecular flexibility index (Phi) is 8.74. The van der Waals surface area contributed by atoms with Crippen molar-refractivity contribution < 1.29 is 27.1 Å². The number of carbonyl (C=O) groups excluding carboxylic acids is 2. The van der Waals surface area contributed by atoms with Gasteiger partial charge in [0, 0.05) is 58.0 Å². The first-order chi connectivity index (χ1) is 15.7. The third-order valence-corrected chi connectivity index (χ3v) is 6.63. The van der Waals surface area contributed by atoms with Gasteiger partial charge in [0.25, 0.3) is 0 Å². The molecule has 1 aromatic rings. The van der Waals surface area contributed by atoms with Crippen molar-refractivity contribution >= 4 is 28.2 Å². The molecule has 2 amide bonds. The van der Waals surface area contributed by atoms with Gasteiger partial charge in [-0.15, -0.1) is 0 Å². The largest absolute Gasteiger partial charge is 0.394 e. The van der Waals surface area contributed by atoms with Crippen molar-refractivity contribution in [2.24, 2.45) is 5.41 Å². The number of carbonyl (C=O) groups is 2. The van der Waals surface area contributed by atoms with Crippen LogP contribution in [0.5, 0.6) is 0 Å². The molecule has 0 bridgehead atoms. The SMILES string of the molecule is O=C1CC2(CCCC2)CC(=O)N1CCCCN1CCN(c2ncccn2)CC1.O=S(=O)(O)O. The van der Waals surface area contributed by atoms with Crippen LogP contribution in [-0.4, -0.2) is 88.4 Å². The summed E-state index contributed by atoms with van der Waals surface area (Å²) in [6.45, 7) is 5.49. The number of imide groups is 1. The Morgan fingerprint density at radius 1 is 0.879 bits per heavy atom. The fourth-order valence-corrected chi connectivity index (χ4v) is 4.99. The Labute approximate surface area is 194 Å². The van der Waals surface area contributed by atoms with Crippen molar-refractivity contribution in [3.63, 3.8) is 0 Å². The molecule has 3 fully saturated rings. The van der Waals surface area contributed by atoms with Gasteiger partial charge in [-0.05, 0) is 43.7 Å². The minimum atomic E-state index is -4.67. The lowest BCUT2D eigenvalue weighted by molar-refractivity contribution is -0.153. The molecule has 4 rings (SSSR count). The van der Waals surface area contributed by atoms with E-state index in [1.807, 2.05) is 6.07 Å². The van der Waals surface area contributed by atoms with Crippen LogP contribution < -0.4 is 4.90 Å². The molecule has 1 aromatic heterocycles. The number of hydrogen-bond acceptors (Lipinski definition) is 8. The molecule has 0 unspecified atom stereocenters. The highest BCUT2D eigenvalue weighted by Gasteiger charge is 2.44. The molecular weight excluding hydrogens is 450 g/mol. The summed E-state index contributed by atoms with van der Waals surface area (Å²) in [4.78, 5) is 39.9. The third kappa shape index (κ3) is 7.98. The van der Waals surface area contributed by atoms with Crippen molar-refractivity contribution in [1.29, 1.82) is 0 Å². The maximum Gasteiger partial charge on any atom is 0.394 e. The molecule has 33 heavy (non-hydrogen) atoms. The second kappa shape index (κ2) is 11.3. The molecule has 1 saturated carbocycles. The van der Waals surface area contributed by atoms with Crippen molar-refractivity contribution in [2.75, 3.05) is 44.2 Å². The Balaban J connectivity index is 0.000000555. The lowest BCUT2D eigenvalue weighted by Crippen LogP contribution is -2.48. The first-order valence-corrected chi connectivity index (χ1v) is 12.8. The second-order valence-electron chi connectivity index (χ2n) is 9.03. The molecule has 1 aliphatic carbocycles. The summed E-state index contributed by atoms with van der Waals surface area (Å²) in [7, 11) is -4.67. The zero-order chi connectivity index (χ0) is 23.9. The molecule has 12 heteroatoms. The number of rotatable bonds is 6. The van der Waals surface area contributed by atoms with E-state index in [-0.39, 0.29) is 17.2 Å². The smallest absolute Gasteiger partial charge is 0.338 e. The number of anilines is 1. The number of hydrogen-bond donors (Lipinski definition) is 2. The summed E-state index contributed by atoms with van der Waals surface area (Å²) >= 11 is 0. The van der Waals surface area contributed by atoms with E-state index in [1.165, 1.54) is 17.7 Å². The fraction of sp³-hybridized carbons (Fsp3) is 0.714. The van der Waals surface area contributed by atoms with Crippen LogP contribution in [0, 0.1) is 5.41 Å². The number of likely N-dealkylation sites (tertiary alicyclic amines) is 1. The van der Waals surface area contributed by atoms with E-state index in [0.717, 1.165) is 64.4 Å². The third-order valence-electron chi connectivity index (χ3n) is 6.63. The first-order valence-electron chi connectivity index (χ1n) is 11.4. The maximum absolute atomic E-state index is 12.5. The lowest BCUT2D eigenvalue weighted by Gasteiger charge is -2.37. The van der Waals surface area contributed by atoms with E-state index < -0.39 is 10.4 Å². The average Bonchev–Trinajstić information content (AvgIpc) is 3.20. The van der Waals surface area contributed by atoms with Crippen LogP contribution >= 0.6 is 0 Å². The molecule has 0 atom stereocenters. The van der Waals surface area contributed by atoms with E-state index in [1.54, 1.807) is 12.4 Å². The molecule has 2 aliphatic heterocycles. The number of nitrogens with zero attached hydrogens (tertiary/aromatic N) is 5. The first kappa shape index (κ1) is 25.5. The van der Waals surface area contributed by atoms with Crippen molar-refractivity contribution in [3.05, 3.63) is 18.5 Å². The van der Waals surface area contributed by atoms with Crippen LogP contribution in [0.25, 0.3) is 0 Å². The molecule has 3 aliphatic rings. The quantitative estimate of drug-likeness (QED) is 0.346. The van der Waals surface area contributed by atoms with Gasteiger partial charge < -0.3 is 4.90 Å². The van der Waals surface area contributed by atoms with Crippen molar-refractivity contribution in [3.8, 4) is 0 Å². The lowest BCUT2D eigenvalue weighted by atomic mass is 9.76. The highest BCUT2D eigenvalue weighted by Crippen LogP contribution is 2.46. The van der Waals surface area contributed by atoms with Gasteiger partial charge in [-0.25, -0.2) is 9.97 Å². The number of piperidine rings is 1. The van der Waals surface area contributed by atoms with Gasteiger partial charge in [0.15, 0.2) is 0 Å². The van der Waals surface area contributed by atoms with Gasteiger partial charge in [-0.3, -0.25) is 28.5 Å². The van der Waals surface area contributed by atoms with Gasteiger partial charge in [-0.1, -0.05) is 12.8 Å². The van der Waals surface area contributed by atoms with Gasteiger partial charge in [0.05, 0.1) is 0 Å². The zero-order valence-electron chi connectivity index (χ0n) is 18.8. The van der Waals surface area contributed by atoms with E-state index >= 15 is 0 Å². The number of unbranched alkanes of at least 4 members (excludes halogenated alkanes) is 1. The predicted octanol–water partition coefficient (Wildman–Crippen LogP) is 1.44. The number of aromatic nitrogens is 2. The van der Waals surface area contributed by atoms with E-state index in [4.69, 9.17) is 17.5 Å². The van der Waals surface area contributed by atoms with Crippen LogP contribution in [0.1, 0.15) is 51.4 Å². The predicted molar refractivity (Wildman–Crippen MR) is 121 cm³/mol. The fourth-order valence-electron chi connectivity index (χ4n) is 4.99. The summed E-state index contributed by atoms with van der Waals surface area (Å²) in [6.07, 6.45) is 11.1. The number of amides is 2. The molecule has 184 valence electrons. The molecule has 0 aromatic carbocycles. The molecule has 1 spiro atoms. The second-order valence-corrected chi connectivity index (χ2v) is 9.93. The summed E-state index contributed by atoms with van der Waals surface area (Å²) in [6, 6.07) is 1.84. The molecule has 0 radical (unpaired) electrons. The zero-order valence-corrected chi connectivity index (χ0v) is 19.6. The standard InChI is InChI=1S/C21H31N5O2.H2O4S/c27-18-16-21(6-1-2-7-21)17-19(28)26(18)11-4-3-10-24-12-14-25(15-13-24)20-22-8-5-9-23-20;1-5(2,3)4/h5,8-9H,1-4,6-7,10-17H2;(H2,1,2,3,4). The number of piperazine rings is 1. The van der Waals surface area contributed by atoms with Gasteiger partial charge >= 0.3 is 10.4 Å². The highest BCUT2D eigenvalue weighted by atomic mass is 32.3. The van der Waals surface area contributed by atoms with Crippen molar-refractivity contribution in [1.82, 2.24) is 19.8 Å². The Hall–Kier alpha value is -2.15. The van der Waals surface area contributed by atoms with Gasteiger partial charge in [0.2, 0.25) is 17.8 Å². The normalized spacial score (nSPS) is 21.3. The van der Waals surface area contributed by atoms with Crippen LogP contribution in [0.2, 0.25) is 0 Å². The van der Waals surface area contributed by atoms with Gasteiger partial charge in [-0.2, -0.15) is 8.42 Å². The molecule has 3 heterocycles. The molecule has 11 nitrogen and oxygen atoms in total. The van der Waals surface area contributed by atoms with E-state index in [9.17, 15) is 9.59 Å². The van der Waals surface area contributed by atoms with Crippen molar-refractivity contribution in [2.45, 2.75) is 51.4 Å². The molecule has 2 saturated heterocycles. The van der Waals surface area contributed by atoms with Crippen LogP contribution in [-0.2, 0) is 20.0 Å². The summed E-state index contributed by atoms with van der Waals surface area (Å²) in [5.41, 5.74) is 0.00676. The maximum atomic E-state index is 12.5. The minimum absolute atomic E-state index is 0.00676. The average molecular weight is 484 g/mol. The molecule has 2 N–H and O–H groups in total. The van der Waals surface area contributed by atoms with Crippen LogP contribution in [0.4, 0.5) is 5.95 Å². The summed E-state index contributed by atoms with van der Waals surface area (Å²) < 4.78 is 31.6. The van der Waals surface area contributed by atoms with E-state index in [2.05, 4.69) is 19.8 Å². The van der Waals surface area contributed by atoms with E-state index in [0.29, 0.717) is 19.4 Å². The summed E-state index contributed by atoms with van der Waals surface area (Å²) in [5.74, 6) is 0.938. The van der Waals surface area contributed by atoms with Crippen LogP contribution in [0.15, 0.2) is 18.5 Å². The van der Waals surface area contributed by atoms with Crippen LogP contribution in [0.3, 0.4) is 0 Å². The Bertz CT molecular complexity index is 871.